The van der Waals surface area contributed by atoms with E-state index in [-0.39, 0.29) is 23.3 Å². The number of carbonyl (C=O) groups is 2. The average molecular weight is 241 g/mol. The van der Waals surface area contributed by atoms with Gasteiger partial charge in [0.15, 0.2) is 0 Å². The van der Waals surface area contributed by atoms with Crippen molar-refractivity contribution in [1.29, 1.82) is 0 Å². The molecule has 5 heteroatoms. The molecule has 3 N–H and O–H groups in total. The molecule has 0 aromatic rings. The number of nitrogens with one attached hydrogen (secondary N) is 1. The molecule has 98 valence electrons. The van der Waals surface area contributed by atoms with Gasteiger partial charge in [0.1, 0.15) is 6.04 Å². The third-order valence-electron chi connectivity index (χ3n) is 3.20. The lowest BCUT2D eigenvalue weighted by Crippen LogP contribution is -2.61. The number of carbonyl (C=O) groups excluding carboxylic acids is 2. The van der Waals surface area contributed by atoms with E-state index >= 15 is 0 Å². The molecule has 0 aromatic heterocycles. The lowest BCUT2D eigenvalue weighted by molar-refractivity contribution is -0.145. The Labute approximate surface area is 103 Å². The standard InChI is InChI=1S/C12H23N3O2/c1-5-8-10(16)14-6-7-15(8)11(17)9(13)12(2,3)4/h8-9H,5-7,13H2,1-4H3,(H,14,16)/t8?,9-/m0/s1. The van der Waals surface area contributed by atoms with Gasteiger partial charge in [-0.15, -0.1) is 0 Å². The molecule has 0 saturated carbocycles. The molecule has 1 fully saturated rings. The summed E-state index contributed by atoms with van der Waals surface area (Å²) in [6.45, 7) is 8.75. The van der Waals surface area contributed by atoms with Crippen LogP contribution in [0.3, 0.4) is 0 Å². The van der Waals surface area contributed by atoms with Gasteiger partial charge in [0, 0.05) is 13.1 Å². The highest BCUT2D eigenvalue weighted by molar-refractivity contribution is 5.91. The van der Waals surface area contributed by atoms with Crippen LogP contribution in [0.4, 0.5) is 0 Å². The van der Waals surface area contributed by atoms with Gasteiger partial charge in [0.05, 0.1) is 6.04 Å². The largest absolute Gasteiger partial charge is 0.353 e. The maximum atomic E-state index is 12.3. The predicted octanol–water partition coefficient (Wildman–Crippen LogP) is 0.0968. The summed E-state index contributed by atoms with van der Waals surface area (Å²) in [6.07, 6.45) is 0.619. The van der Waals surface area contributed by atoms with Crippen LogP contribution < -0.4 is 11.1 Å². The van der Waals surface area contributed by atoms with Crippen LogP contribution in [0.25, 0.3) is 0 Å². The Morgan fingerprint density at radius 2 is 2.18 bits per heavy atom. The summed E-state index contributed by atoms with van der Waals surface area (Å²) in [5.41, 5.74) is 5.68. The fourth-order valence-electron chi connectivity index (χ4n) is 1.93. The van der Waals surface area contributed by atoms with Crippen molar-refractivity contribution in [3.8, 4) is 0 Å². The Morgan fingerprint density at radius 1 is 1.59 bits per heavy atom. The quantitative estimate of drug-likeness (QED) is 0.720. The van der Waals surface area contributed by atoms with Crippen molar-refractivity contribution in [1.82, 2.24) is 10.2 Å². The summed E-state index contributed by atoms with van der Waals surface area (Å²) in [6, 6.07) is -0.938. The molecule has 1 aliphatic heterocycles. The molecule has 2 atom stereocenters. The van der Waals surface area contributed by atoms with Crippen LogP contribution in [0, 0.1) is 5.41 Å². The van der Waals surface area contributed by atoms with Crippen molar-refractivity contribution in [2.45, 2.75) is 46.2 Å². The van der Waals surface area contributed by atoms with E-state index in [0.717, 1.165) is 0 Å². The van der Waals surface area contributed by atoms with Crippen LogP contribution >= 0.6 is 0 Å². The minimum atomic E-state index is -0.567. The number of amides is 2. The van der Waals surface area contributed by atoms with E-state index in [4.69, 9.17) is 5.73 Å². The molecular weight excluding hydrogens is 218 g/mol. The van der Waals surface area contributed by atoms with E-state index in [9.17, 15) is 9.59 Å². The van der Waals surface area contributed by atoms with E-state index < -0.39 is 6.04 Å². The lowest BCUT2D eigenvalue weighted by atomic mass is 9.86. The number of nitrogens with two attached hydrogens (primary N) is 1. The van der Waals surface area contributed by atoms with E-state index in [1.54, 1.807) is 4.90 Å². The second-order valence-corrected chi connectivity index (χ2v) is 5.59. The van der Waals surface area contributed by atoms with E-state index in [2.05, 4.69) is 5.32 Å². The topological polar surface area (TPSA) is 75.4 Å². The van der Waals surface area contributed by atoms with Crippen LogP contribution in [0.2, 0.25) is 0 Å². The SMILES string of the molecule is CCC1C(=O)NCCN1C(=O)[C@H](N)C(C)(C)C. The molecule has 0 aliphatic carbocycles. The number of nitrogens with zero attached hydrogens (tertiary/aromatic N) is 1. The Morgan fingerprint density at radius 3 is 2.65 bits per heavy atom. The van der Waals surface area contributed by atoms with Crippen molar-refractivity contribution >= 4 is 11.8 Å². The summed E-state index contributed by atoms with van der Waals surface area (Å²) in [5.74, 6) is -0.201. The summed E-state index contributed by atoms with van der Waals surface area (Å²) in [7, 11) is 0. The molecule has 5 nitrogen and oxygen atoms in total. The van der Waals surface area contributed by atoms with Gasteiger partial charge in [-0.2, -0.15) is 0 Å². The molecular formula is C12H23N3O2. The molecule has 17 heavy (non-hydrogen) atoms. The zero-order valence-corrected chi connectivity index (χ0v) is 11.1. The second-order valence-electron chi connectivity index (χ2n) is 5.59. The first-order valence-corrected chi connectivity index (χ1v) is 6.12. The number of piperazine rings is 1. The van der Waals surface area contributed by atoms with Crippen molar-refractivity contribution in [3.05, 3.63) is 0 Å². The third kappa shape index (κ3) is 2.97. The molecule has 1 rings (SSSR count). The smallest absolute Gasteiger partial charge is 0.242 e. The van der Waals surface area contributed by atoms with Gasteiger partial charge in [-0.05, 0) is 11.8 Å². The van der Waals surface area contributed by atoms with Crippen molar-refractivity contribution in [3.63, 3.8) is 0 Å². The Balaban J connectivity index is 2.83. The summed E-state index contributed by atoms with van der Waals surface area (Å²) in [4.78, 5) is 25.6. The van der Waals surface area contributed by atoms with Crippen LogP contribution in [-0.4, -0.2) is 41.9 Å². The third-order valence-corrected chi connectivity index (χ3v) is 3.20. The Kier molecular flexibility index (Phi) is 4.14. The summed E-state index contributed by atoms with van der Waals surface area (Å²) in [5, 5.41) is 2.77. The van der Waals surface area contributed by atoms with Crippen LogP contribution in [0.1, 0.15) is 34.1 Å². The number of hydrogen-bond donors (Lipinski definition) is 2. The first kappa shape index (κ1) is 14.0. The monoisotopic (exact) mass is 241 g/mol. The average Bonchev–Trinajstić information content (AvgIpc) is 2.25. The number of rotatable bonds is 2. The lowest BCUT2D eigenvalue weighted by Gasteiger charge is -2.38. The molecule has 1 saturated heterocycles. The van der Waals surface area contributed by atoms with Gasteiger partial charge in [0.25, 0.3) is 0 Å². The molecule has 0 spiro atoms. The van der Waals surface area contributed by atoms with Gasteiger partial charge in [0.2, 0.25) is 11.8 Å². The van der Waals surface area contributed by atoms with Crippen LogP contribution in [0.5, 0.6) is 0 Å². The van der Waals surface area contributed by atoms with Gasteiger partial charge < -0.3 is 16.0 Å². The van der Waals surface area contributed by atoms with E-state index in [1.807, 2.05) is 27.7 Å². The normalized spacial score (nSPS) is 23.2. The zero-order valence-electron chi connectivity index (χ0n) is 11.1. The maximum Gasteiger partial charge on any atom is 0.242 e. The van der Waals surface area contributed by atoms with Crippen molar-refractivity contribution < 1.29 is 9.59 Å². The van der Waals surface area contributed by atoms with Crippen molar-refractivity contribution in [2.24, 2.45) is 11.1 Å². The minimum Gasteiger partial charge on any atom is -0.353 e. The Bertz CT molecular complexity index is 309. The molecule has 1 aliphatic rings. The minimum absolute atomic E-state index is 0.0757. The first-order valence-electron chi connectivity index (χ1n) is 6.12. The molecule has 1 heterocycles. The van der Waals surface area contributed by atoms with Gasteiger partial charge in [-0.3, -0.25) is 9.59 Å². The molecule has 0 radical (unpaired) electrons. The molecule has 1 unspecified atom stereocenters. The highest BCUT2D eigenvalue weighted by Gasteiger charge is 2.37. The van der Waals surface area contributed by atoms with Crippen LogP contribution in [0.15, 0.2) is 0 Å². The van der Waals surface area contributed by atoms with Crippen LogP contribution in [-0.2, 0) is 9.59 Å². The Hall–Kier alpha value is -1.10. The van der Waals surface area contributed by atoms with Gasteiger partial charge in [-0.1, -0.05) is 27.7 Å². The molecule has 0 aromatic carbocycles. The number of hydrogen-bond acceptors (Lipinski definition) is 3. The van der Waals surface area contributed by atoms with Gasteiger partial charge in [-0.25, -0.2) is 0 Å². The van der Waals surface area contributed by atoms with Crippen molar-refractivity contribution in [2.75, 3.05) is 13.1 Å². The fraction of sp³-hybridized carbons (Fsp3) is 0.833. The van der Waals surface area contributed by atoms with Gasteiger partial charge >= 0.3 is 0 Å². The van der Waals surface area contributed by atoms with E-state index in [0.29, 0.717) is 19.5 Å². The predicted molar refractivity (Wildman–Crippen MR) is 66.2 cm³/mol. The molecule has 0 bridgehead atoms. The first-order chi connectivity index (χ1) is 7.79. The molecule has 2 amide bonds. The summed E-state index contributed by atoms with van der Waals surface area (Å²) >= 11 is 0. The zero-order chi connectivity index (χ0) is 13.2. The summed E-state index contributed by atoms with van der Waals surface area (Å²) < 4.78 is 0. The maximum absolute atomic E-state index is 12.3. The fourth-order valence-corrected chi connectivity index (χ4v) is 1.93. The highest BCUT2D eigenvalue weighted by atomic mass is 16.2. The van der Waals surface area contributed by atoms with E-state index in [1.165, 1.54) is 0 Å². The second kappa shape index (κ2) is 5.04. The highest BCUT2D eigenvalue weighted by Crippen LogP contribution is 2.21.